The van der Waals surface area contributed by atoms with Crippen molar-refractivity contribution in [3.8, 4) is 5.75 Å². The number of aromatic nitrogens is 1. The number of ketones is 2. The van der Waals surface area contributed by atoms with Gasteiger partial charge in [-0.05, 0) is 56.6 Å². The molecule has 3 aliphatic carbocycles. The molecular weight excluding hydrogens is 466 g/mol. The highest BCUT2D eigenvalue weighted by atomic mass is 16.3. The number of carbonyl (C=O) groups is 3. The number of phenols is 1. The number of fused-ring (bicyclic) bond motifs is 4. The van der Waals surface area contributed by atoms with Gasteiger partial charge in [0, 0.05) is 23.1 Å². The predicted molar refractivity (Wildman–Crippen MR) is 131 cm³/mol. The summed E-state index contributed by atoms with van der Waals surface area (Å²) in [6.45, 7) is 4.00. The summed E-state index contributed by atoms with van der Waals surface area (Å²) in [4.78, 5) is 44.5. The van der Waals surface area contributed by atoms with Gasteiger partial charge in [-0.1, -0.05) is 13.8 Å². The maximum atomic E-state index is 13.7. The molecule has 1 amide bonds. The van der Waals surface area contributed by atoms with Crippen LogP contribution >= 0.6 is 0 Å². The molecule has 1 aromatic carbocycles. The molecule has 0 spiro atoms. The molecule has 4 atom stereocenters. The fourth-order valence-corrected chi connectivity index (χ4v) is 5.83. The van der Waals surface area contributed by atoms with Gasteiger partial charge in [0.25, 0.3) is 5.91 Å². The van der Waals surface area contributed by atoms with E-state index in [-0.39, 0.29) is 29.7 Å². The van der Waals surface area contributed by atoms with Crippen LogP contribution in [0.15, 0.2) is 41.3 Å². The summed E-state index contributed by atoms with van der Waals surface area (Å²) in [6.07, 6.45) is 1.85. The van der Waals surface area contributed by atoms with Crippen LogP contribution in [0.2, 0.25) is 0 Å². The lowest BCUT2D eigenvalue weighted by Crippen LogP contribution is -2.65. The zero-order valence-corrected chi connectivity index (χ0v) is 20.4. The van der Waals surface area contributed by atoms with Crippen molar-refractivity contribution in [1.82, 2.24) is 9.88 Å². The van der Waals surface area contributed by atoms with Gasteiger partial charge in [0.2, 0.25) is 5.78 Å². The first-order valence-corrected chi connectivity index (χ1v) is 11.7. The average molecular weight is 496 g/mol. The van der Waals surface area contributed by atoms with Crippen molar-refractivity contribution in [2.24, 2.45) is 17.6 Å². The summed E-state index contributed by atoms with van der Waals surface area (Å²) in [6, 6.07) is 3.86. The van der Waals surface area contributed by atoms with Gasteiger partial charge in [0.05, 0.1) is 17.1 Å². The molecule has 0 aliphatic heterocycles. The van der Waals surface area contributed by atoms with Crippen molar-refractivity contribution in [2.45, 2.75) is 38.3 Å². The number of hydrogen-bond acceptors (Lipinski definition) is 9. The summed E-state index contributed by atoms with van der Waals surface area (Å²) in [5, 5.41) is 44.8. The number of carbonyl (C=O) groups excluding carboxylic acids is 3. The van der Waals surface area contributed by atoms with Crippen molar-refractivity contribution < 1.29 is 34.8 Å². The molecule has 0 bridgehead atoms. The molecule has 0 saturated heterocycles. The molecule has 2 aromatic rings. The number of amides is 1. The summed E-state index contributed by atoms with van der Waals surface area (Å²) < 4.78 is 0. The number of Topliss-reactive ketones (excluding diaryl/α,β-unsaturated/α-hetero) is 2. The van der Waals surface area contributed by atoms with E-state index in [1.165, 1.54) is 4.90 Å². The van der Waals surface area contributed by atoms with Crippen LogP contribution in [-0.2, 0) is 20.8 Å². The van der Waals surface area contributed by atoms with Crippen LogP contribution in [0.1, 0.15) is 31.4 Å². The number of nitrogens with two attached hydrogens (primary N) is 1. The minimum absolute atomic E-state index is 0.0484. The molecule has 5 rings (SSSR count). The third-order valence-corrected chi connectivity index (χ3v) is 7.29. The maximum absolute atomic E-state index is 13.7. The van der Waals surface area contributed by atoms with E-state index in [9.17, 15) is 34.8 Å². The number of benzene rings is 1. The molecule has 10 nitrogen and oxygen atoms in total. The van der Waals surface area contributed by atoms with Crippen molar-refractivity contribution in [3.05, 3.63) is 52.4 Å². The number of pyridine rings is 1. The first-order chi connectivity index (χ1) is 17.0. The van der Waals surface area contributed by atoms with Gasteiger partial charge < -0.3 is 26.2 Å². The normalized spacial score (nSPS) is 27.3. The topological polar surface area (TPSA) is 174 Å². The van der Waals surface area contributed by atoms with Crippen LogP contribution in [-0.4, -0.2) is 73.5 Å². The molecule has 1 heterocycles. The minimum atomic E-state index is -2.64. The second-order valence-corrected chi connectivity index (χ2v) is 9.29. The van der Waals surface area contributed by atoms with Crippen LogP contribution in [0.5, 0.6) is 5.75 Å². The lowest BCUT2D eigenvalue weighted by molar-refractivity contribution is -0.153. The molecular formula is C26H29N3O7. The van der Waals surface area contributed by atoms with Crippen molar-refractivity contribution in [3.63, 3.8) is 0 Å². The van der Waals surface area contributed by atoms with E-state index in [1.807, 2.05) is 13.8 Å². The molecule has 36 heavy (non-hydrogen) atoms. The van der Waals surface area contributed by atoms with E-state index >= 15 is 0 Å². The quantitative estimate of drug-likeness (QED) is 0.387. The van der Waals surface area contributed by atoms with Crippen LogP contribution in [0.3, 0.4) is 0 Å². The highest BCUT2D eigenvalue weighted by Gasteiger charge is 2.64. The Morgan fingerprint density at radius 1 is 1.19 bits per heavy atom. The van der Waals surface area contributed by atoms with E-state index < -0.39 is 58.0 Å². The number of nitrogens with zero attached hydrogens (tertiary/aromatic N) is 2. The zero-order chi connectivity index (χ0) is 26.7. The number of primary amides is 1. The molecule has 10 heteroatoms. The Labute approximate surface area is 207 Å². The monoisotopic (exact) mass is 495 g/mol. The zero-order valence-electron chi connectivity index (χ0n) is 20.4. The fraction of sp³-hybridized carbons (Fsp3) is 0.385. The number of rotatable bonds is 2. The number of aliphatic hydroxyl groups is 3. The van der Waals surface area contributed by atoms with E-state index in [1.54, 1.807) is 38.5 Å². The lowest BCUT2D eigenvalue weighted by atomic mass is 9.57. The number of hydrogen-bond donors (Lipinski definition) is 5. The summed E-state index contributed by atoms with van der Waals surface area (Å²) in [5.41, 5.74) is 2.80. The minimum Gasteiger partial charge on any atom is -0.508 e. The van der Waals surface area contributed by atoms with Crippen LogP contribution in [0.25, 0.3) is 16.7 Å². The Morgan fingerprint density at radius 3 is 2.47 bits per heavy atom. The van der Waals surface area contributed by atoms with Gasteiger partial charge in [-0.3, -0.25) is 24.3 Å². The van der Waals surface area contributed by atoms with Gasteiger partial charge in [-0.2, -0.15) is 0 Å². The van der Waals surface area contributed by atoms with E-state index in [2.05, 4.69) is 4.98 Å². The van der Waals surface area contributed by atoms with E-state index in [0.29, 0.717) is 16.5 Å². The second kappa shape index (κ2) is 8.72. The predicted octanol–water partition coefficient (Wildman–Crippen LogP) is 1.54. The Kier molecular flexibility index (Phi) is 6.14. The summed E-state index contributed by atoms with van der Waals surface area (Å²) in [7, 11) is 3.12. The first kappa shape index (κ1) is 25.3. The molecule has 0 radical (unpaired) electrons. The van der Waals surface area contributed by atoms with Crippen LogP contribution < -0.4 is 5.73 Å². The van der Waals surface area contributed by atoms with Crippen molar-refractivity contribution in [1.29, 1.82) is 0 Å². The standard InChI is InChI=1S/C24H23N3O7.C2H6/c1-27(2)17-12-7-9-6-10-8-13-11(4-3-5-26-13)18(28)14(10)19(29)15(9)21(31)24(12,34)22(32)16(20(17)30)23(25)33;1-2/h3-5,8-9,12,17,28-29,32,34H,6-7H2,1-2H3,(H2,25,33);1-2H3/t9-,12-,17-,24-;/m0./s1. The number of phenolic OH excluding ortho intramolecular Hbond substituents is 1. The third-order valence-electron chi connectivity index (χ3n) is 7.29. The highest BCUT2D eigenvalue weighted by Crippen LogP contribution is 2.53. The van der Waals surface area contributed by atoms with Gasteiger partial charge in [0.1, 0.15) is 22.8 Å². The Balaban J connectivity index is 0.00000148. The largest absolute Gasteiger partial charge is 0.508 e. The lowest BCUT2D eigenvalue weighted by Gasteiger charge is -2.50. The van der Waals surface area contributed by atoms with Crippen molar-refractivity contribution >= 4 is 34.1 Å². The smallest absolute Gasteiger partial charge is 0.255 e. The molecule has 1 fully saturated rings. The number of likely N-dealkylation sites (N-methyl/N-ethyl adjacent to an activating group) is 1. The van der Waals surface area contributed by atoms with Gasteiger partial charge in [0.15, 0.2) is 11.4 Å². The number of aliphatic hydroxyl groups excluding tert-OH is 2. The van der Waals surface area contributed by atoms with Crippen LogP contribution in [0.4, 0.5) is 0 Å². The molecule has 1 aromatic heterocycles. The van der Waals surface area contributed by atoms with Gasteiger partial charge in [-0.25, -0.2) is 0 Å². The Hall–Kier alpha value is -3.76. The molecule has 190 valence electrons. The fourth-order valence-electron chi connectivity index (χ4n) is 5.83. The summed E-state index contributed by atoms with van der Waals surface area (Å²) in [5.74, 6) is -6.65. The Morgan fingerprint density at radius 2 is 1.86 bits per heavy atom. The van der Waals surface area contributed by atoms with Gasteiger partial charge >= 0.3 is 0 Å². The molecule has 0 unspecified atom stereocenters. The molecule has 3 aliphatic rings. The summed E-state index contributed by atoms with van der Waals surface area (Å²) >= 11 is 0. The second-order valence-electron chi connectivity index (χ2n) is 9.29. The molecule has 6 N–H and O–H groups in total. The van der Waals surface area contributed by atoms with Crippen molar-refractivity contribution in [2.75, 3.05) is 14.1 Å². The van der Waals surface area contributed by atoms with E-state index in [0.717, 1.165) is 0 Å². The average Bonchev–Trinajstić information content (AvgIpc) is 2.82. The van der Waals surface area contributed by atoms with E-state index in [4.69, 9.17) is 5.73 Å². The number of aromatic hydroxyl groups is 1. The maximum Gasteiger partial charge on any atom is 0.255 e. The third kappa shape index (κ3) is 3.25. The highest BCUT2D eigenvalue weighted by molar-refractivity contribution is 6.24. The van der Waals surface area contributed by atoms with Gasteiger partial charge in [-0.15, -0.1) is 0 Å². The molecule has 1 saturated carbocycles. The van der Waals surface area contributed by atoms with Crippen LogP contribution in [0, 0.1) is 11.8 Å². The SMILES string of the molecule is CC.CN(C)[C@@H]1C(=O)C(C(N)=O)=C(O)[C@@]2(O)C(=O)C3=C(O)c4c(cc5ncccc5c4O)C[C@H]3C[C@@H]12. The first-order valence-electron chi connectivity index (χ1n) is 11.7. The Bertz CT molecular complexity index is 1380.